The van der Waals surface area contributed by atoms with Gasteiger partial charge in [-0.25, -0.2) is 9.80 Å². The molecule has 1 saturated heterocycles. The molecule has 0 aromatic rings. The van der Waals surface area contributed by atoms with Gasteiger partial charge in [0.2, 0.25) is 0 Å². The standard InChI is InChI=1S/C7H15N3O2/c1-9(2)12-7(11)6-4-3-5-10(6)8/h6H,3-5,8H2,1-2H3. The molecule has 0 radical (unpaired) electrons. The van der Waals surface area contributed by atoms with E-state index in [-0.39, 0.29) is 12.0 Å². The molecule has 1 rings (SSSR count). The van der Waals surface area contributed by atoms with Gasteiger partial charge in [0.25, 0.3) is 0 Å². The van der Waals surface area contributed by atoms with Crippen LogP contribution in [-0.2, 0) is 9.63 Å². The Morgan fingerprint density at radius 3 is 2.75 bits per heavy atom. The lowest BCUT2D eigenvalue weighted by molar-refractivity contribution is -0.183. The van der Waals surface area contributed by atoms with Crippen LogP contribution in [0.2, 0.25) is 0 Å². The summed E-state index contributed by atoms with van der Waals surface area (Å²) in [6, 6.07) is -0.257. The second-order valence-electron chi connectivity index (χ2n) is 3.12. The van der Waals surface area contributed by atoms with Gasteiger partial charge >= 0.3 is 5.97 Å². The molecule has 5 nitrogen and oxygen atoms in total. The fourth-order valence-electron chi connectivity index (χ4n) is 1.28. The molecular formula is C7H15N3O2. The van der Waals surface area contributed by atoms with Crippen molar-refractivity contribution < 1.29 is 9.63 Å². The highest BCUT2D eigenvalue weighted by Gasteiger charge is 2.30. The van der Waals surface area contributed by atoms with Crippen LogP contribution >= 0.6 is 0 Å². The summed E-state index contributed by atoms with van der Waals surface area (Å²) in [5.74, 6) is 5.31. The largest absolute Gasteiger partial charge is 0.367 e. The first-order valence-electron chi connectivity index (χ1n) is 4.01. The van der Waals surface area contributed by atoms with Crippen molar-refractivity contribution in [1.29, 1.82) is 0 Å². The highest BCUT2D eigenvalue weighted by Crippen LogP contribution is 2.14. The topological polar surface area (TPSA) is 58.8 Å². The van der Waals surface area contributed by atoms with Crippen LogP contribution in [0.15, 0.2) is 0 Å². The number of carbonyl (C=O) groups excluding carboxylic acids is 1. The number of nitrogens with two attached hydrogens (primary N) is 1. The summed E-state index contributed by atoms with van der Waals surface area (Å²) in [5, 5.41) is 2.92. The first kappa shape index (κ1) is 9.44. The SMILES string of the molecule is CN(C)OC(=O)C1CCCN1N. The minimum Gasteiger partial charge on any atom is -0.367 e. The molecule has 1 fully saturated rings. The molecule has 0 aromatic heterocycles. The predicted octanol–water partition coefficient (Wildman–Crippen LogP) is -0.656. The predicted molar refractivity (Wildman–Crippen MR) is 43.7 cm³/mol. The Balaban J connectivity index is 2.41. The van der Waals surface area contributed by atoms with E-state index in [2.05, 4.69) is 0 Å². The van der Waals surface area contributed by atoms with Crippen molar-refractivity contribution in [2.75, 3.05) is 20.6 Å². The zero-order valence-corrected chi connectivity index (χ0v) is 7.49. The second-order valence-corrected chi connectivity index (χ2v) is 3.12. The van der Waals surface area contributed by atoms with Gasteiger partial charge in [-0.1, -0.05) is 0 Å². The molecule has 1 aliphatic rings. The molecule has 1 atom stereocenters. The summed E-state index contributed by atoms with van der Waals surface area (Å²) in [6.07, 6.45) is 1.76. The van der Waals surface area contributed by atoms with Crippen molar-refractivity contribution in [2.45, 2.75) is 18.9 Å². The molecule has 1 heterocycles. The molecule has 0 saturated carbocycles. The number of hydrazine groups is 1. The van der Waals surface area contributed by atoms with Gasteiger partial charge in [-0.2, -0.15) is 0 Å². The summed E-state index contributed by atoms with van der Waals surface area (Å²) >= 11 is 0. The molecule has 0 amide bonds. The zero-order chi connectivity index (χ0) is 9.14. The van der Waals surface area contributed by atoms with E-state index in [4.69, 9.17) is 10.7 Å². The number of hydroxylamine groups is 2. The van der Waals surface area contributed by atoms with Crippen molar-refractivity contribution in [3.63, 3.8) is 0 Å². The quantitative estimate of drug-likeness (QED) is 0.444. The minimum absolute atomic E-state index is 0.257. The third-order valence-corrected chi connectivity index (χ3v) is 1.84. The van der Waals surface area contributed by atoms with E-state index in [1.54, 1.807) is 14.1 Å². The monoisotopic (exact) mass is 173 g/mol. The lowest BCUT2D eigenvalue weighted by Crippen LogP contribution is -2.43. The van der Waals surface area contributed by atoms with Gasteiger partial charge in [-0.05, 0) is 12.8 Å². The molecule has 70 valence electrons. The zero-order valence-electron chi connectivity index (χ0n) is 7.49. The van der Waals surface area contributed by atoms with Gasteiger partial charge in [0, 0.05) is 20.6 Å². The van der Waals surface area contributed by atoms with Crippen LogP contribution in [0.5, 0.6) is 0 Å². The molecule has 2 N–H and O–H groups in total. The summed E-state index contributed by atoms with van der Waals surface area (Å²) in [5.41, 5.74) is 0. The van der Waals surface area contributed by atoms with Crippen LogP contribution in [0.1, 0.15) is 12.8 Å². The Kier molecular flexibility index (Phi) is 3.02. The third-order valence-electron chi connectivity index (χ3n) is 1.84. The fourth-order valence-corrected chi connectivity index (χ4v) is 1.28. The number of hydrogen-bond acceptors (Lipinski definition) is 5. The maximum absolute atomic E-state index is 11.3. The Morgan fingerprint density at radius 2 is 2.33 bits per heavy atom. The summed E-state index contributed by atoms with van der Waals surface area (Å²) < 4.78 is 0. The Labute approximate surface area is 72.0 Å². The average molecular weight is 173 g/mol. The Hall–Kier alpha value is -0.650. The number of carbonyl (C=O) groups is 1. The van der Waals surface area contributed by atoms with Gasteiger partial charge in [0.15, 0.2) is 0 Å². The van der Waals surface area contributed by atoms with E-state index < -0.39 is 0 Å². The maximum Gasteiger partial charge on any atom is 0.343 e. The molecular weight excluding hydrogens is 158 g/mol. The van der Waals surface area contributed by atoms with Crippen molar-refractivity contribution in [3.05, 3.63) is 0 Å². The lowest BCUT2D eigenvalue weighted by atomic mass is 10.2. The van der Waals surface area contributed by atoms with Gasteiger partial charge in [0.1, 0.15) is 6.04 Å². The van der Waals surface area contributed by atoms with Crippen LogP contribution in [0, 0.1) is 0 Å². The molecule has 1 aliphatic heterocycles. The fraction of sp³-hybridized carbons (Fsp3) is 0.857. The molecule has 5 heteroatoms. The highest BCUT2D eigenvalue weighted by molar-refractivity contribution is 5.75. The summed E-state index contributed by atoms with van der Waals surface area (Å²) in [7, 11) is 3.35. The number of hydrogen-bond donors (Lipinski definition) is 1. The van der Waals surface area contributed by atoms with Gasteiger partial charge in [-0.15, -0.1) is 5.06 Å². The molecule has 0 spiro atoms. The average Bonchev–Trinajstić information content (AvgIpc) is 2.33. The first-order chi connectivity index (χ1) is 5.61. The van der Waals surface area contributed by atoms with Crippen LogP contribution in [-0.4, -0.2) is 42.7 Å². The van der Waals surface area contributed by atoms with Gasteiger partial charge < -0.3 is 4.84 Å². The van der Waals surface area contributed by atoms with Gasteiger partial charge in [-0.3, -0.25) is 5.84 Å². The minimum atomic E-state index is -0.264. The first-order valence-corrected chi connectivity index (χ1v) is 4.01. The number of nitrogens with zero attached hydrogens (tertiary/aromatic N) is 2. The van der Waals surface area contributed by atoms with Crippen molar-refractivity contribution >= 4 is 5.97 Å². The van der Waals surface area contributed by atoms with E-state index in [9.17, 15) is 4.79 Å². The Morgan fingerprint density at radius 1 is 1.67 bits per heavy atom. The van der Waals surface area contributed by atoms with E-state index in [0.717, 1.165) is 19.4 Å². The van der Waals surface area contributed by atoms with Crippen molar-refractivity contribution in [2.24, 2.45) is 5.84 Å². The summed E-state index contributed by atoms with van der Waals surface area (Å²) in [4.78, 5) is 16.2. The summed E-state index contributed by atoms with van der Waals surface area (Å²) in [6.45, 7) is 0.771. The van der Waals surface area contributed by atoms with Crippen LogP contribution in [0.25, 0.3) is 0 Å². The van der Waals surface area contributed by atoms with E-state index in [0.29, 0.717) is 0 Å². The Bertz CT molecular complexity index is 172. The normalized spacial score (nSPS) is 24.8. The van der Waals surface area contributed by atoms with E-state index in [1.165, 1.54) is 10.1 Å². The molecule has 0 aromatic carbocycles. The van der Waals surface area contributed by atoms with Crippen LogP contribution in [0.3, 0.4) is 0 Å². The number of rotatable bonds is 2. The van der Waals surface area contributed by atoms with Crippen molar-refractivity contribution in [1.82, 2.24) is 10.1 Å². The van der Waals surface area contributed by atoms with Gasteiger partial charge in [0.05, 0.1) is 0 Å². The molecule has 0 bridgehead atoms. The van der Waals surface area contributed by atoms with Crippen LogP contribution in [0.4, 0.5) is 0 Å². The second kappa shape index (κ2) is 3.84. The lowest BCUT2D eigenvalue weighted by Gasteiger charge is -2.19. The van der Waals surface area contributed by atoms with E-state index >= 15 is 0 Å². The molecule has 12 heavy (non-hydrogen) atoms. The van der Waals surface area contributed by atoms with E-state index in [1.807, 2.05) is 0 Å². The smallest absolute Gasteiger partial charge is 0.343 e. The maximum atomic E-state index is 11.3. The van der Waals surface area contributed by atoms with Crippen LogP contribution < -0.4 is 5.84 Å². The highest BCUT2D eigenvalue weighted by atomic mass is 16.7. The van der Waals surface area contributed by atoms with Crippen molar-refractivity contribution in [3.8, 4) is 0 Å². The molecule has 1 unspecified atom stereocenters. The third kappa shape index (κ3) is 2.17. The molecule has 0 aliphatic carbocycles.